The van der Waals surface area contributed by atoms with Crippen LogP contribution in [0.15, 0.2) is 18.2 Å². The van der Waals surface area contributed by atoms with E-state index in [1.807, 2.05) is 0 Å². The van der Waals surface area contributed by atoms with E-state index in [1.54, 1.807) is 7.11 Å². The first kappa shape index (κ1) is 15.6. The molecule has 0 unspecified atom stereocenters. The molecule has 1 aromatic carbocycles. The van der Waals surface area contributed by atoms with Crippen LogP contribution in [0.4, 0.5) is 5.69 Å². The van der Waals surface area contributed by atoms with E-state index in [0.717, 1.165) is 56.6 Å². The second-order valence-electron chi connectivity index (χ2n) is 5.25. The van der Waals surface area contributed by atoms with Crippen LogP contribution in [-0.2, 0) is 11.3 Å². The number of rotatable bonds is 6. The summed E-state index contributed by atoms with van der Waals surface area (Å²) in [5, 5.41) is 4.18. The summed E-state index contributed by atoms with van der Waals surface area (Å²) >= 11 is 6.43. The number of likely N-dealkylation sites (N-methyl/N-ethyl adjacent to an activating group) is 1. The molecule has 0 aromatic heterocycles. The smallest absolute Gasteiger partial charge is 0.0642 e. The van der Waals surface area contributed by atoms with Gasteiger partial charge in [0.05, 0.1) is 17.3 Å². The third kappa shape index (κ3) is 4.35. The SMILES string of the molecule is COCCNCc1ccc(N2CCN(C)CC2)c(Cl)c1. The van der Waals surface area contributed by atoms with Crippen molar-refractivity contribution in [3.63, 3.8) is 0 Å². The number of methoxy groups -OCH3 is 1. The lowest BCUT2D eigenvalue weighted by Crippen LogP contribution is -2.44. The average molecular weight is 298 g/mol. The van der Waals surface area contributed by atoms with Crippen LogP contribution >= 0.6 is 11.6 Å². The maximum Gasteiger partial charge on any atom is 0.0642 e. The molecule has 0 spiro atoms. The third-order valence-corrected chi connectivity index (χ3v) is 3.97. The molecule has 1 saturated heterocycles. The van der Waals surface area contributed by atoms with Crippen LogP contribution < -0.4 is 10.2 Å². The molecule has 0 aliphatic carbocycles. The van der Waals surface area contributed by atoms with Gasteiger partial charge in [-0.25, -0.2) is 0 Å². The summed E-state index contributed by atoms with van der Waals surface area (Å²) in [5.74, 6) is 0. The van der Waals surface area contributed by atoms with Gasteiger partial charge in [0, 0.05) is 46.4 Å². The number of piperazine rings is 1. The molecule has 4 nitrogen and oxygen atoms in total. The molecule has 1 aliphatic rings. The lowest BCUT2D eigenvalue weighted by Gasteiger charge is -2.34. The highest BCUT2D eigenvalue weighted by molar-refractivity contribution is 6.33. The number of anilines is 1. The van der Waals surface area contributed by atoms with E-state index in [2.05, 4.69) is 40.4 Å². The first-order valence-corrected chi connectivity index (χ1v) is 7.50. The Morgan fingerprint density at radius 2 is 2.00 bits per heavy atom. The summed E-state index contributed by atoms with van der Waals surface area (Å²) < 4.78 is 5.01. The molecule has 1 N–H and O–H groups in total. The Morgan fingerprint density at radius 3 is 2.65 bits per heavy atom. The summed E-state index contributed by atoms with van der Waals surface area (Å²) in [6, 6.07) is 6.36. The van der Waals surface area contributed by atoms with Crippen LogP contribution in [0.1, 0.15) is 5.56 Å². The quantitative estimate of drug-likeness (QED) is 0.811. The largest absolute Gasteiger partial charge is 0.383 e. The van der Waals surface area contributed by atoms with Gasteiger partial charge >= 0.3 is 0 Å². The number of hydrogen-bond acceptors (Lipinski definition) is 4. The molecule has 1 heterocycles. The highest BCUT2D eigenvalue weighted by atomic mass is 35.5. The molecule has 0 amide bonds. The lowest BCUT2D eigenvalue weighted by atomic mass is 10.1. The predicted molar refractivity (Wildman–Crippen MR) is 84.7 cm³/mol. The van der Waals surface area contributed by atoms with Gasteiger partial charge in [-0.2, -0.15) is 0 Å². The number of hydrogen-bond donors (Lipinski definition) is 1. The number of benzene rings is 1. The van der Waals surface area contributed by atoms with Gasteiger partial charge in [-0.05, 0) is 24.7 Å². The minimum atomic E-state index is 0.729. The molecule has 5 heteroatoms. The maximum absolute atomic E-state index is 6.43. The molecule has 0 atom stereocenters. The highest BCUT2D eigenvalue weighted by Gasteiger charge is 2.16. The van der Waals surface area contributed by atoms with Gasteiger partial charge in [0.1, 0.15) is 0 Å². The monoisotopic (exact) mass is 297 g/mol. The Kier molecular flexibility index (Phi) is 6.10. The van der Waals surface area contributed by atoms with Crippen LogP contribution in [0.25, 0.3) is 0 Å². The summed E-state index contributed by atoms with van der Waals surface area (Å²) in [6.07, 6.45) is 0. The maximum atomic E-state index is 6.43. The first-order chi connectivity index (χ1) is 9.70. The van der Waals surface area contributed by atoms with Crippen molar-refractivity contribution in [3.8, 4) is 0 Å². The van der Waals surface area contributed by atoms with Gasteiger partial charge in [0.15, 0.2) is 0 Å². The van der Waals surface area contributed by atoms with Crippen LogP contribution in [0.5, 0.6) is 0 Å². The minimum absolute atomic E-state index is 0.729. The molecule has 2 rings (SSSR count). The number of nitrogens with zero attached hydrogens (tertiary/aromatic N) is 2. The van der Waals surface area contributed by atoms with Gasteiger partial charge < -0.3 is 19.9 Å². The summed E-state index contributed by atoms with van der Waals surface area (Å²) in [5.41, 5.74) is 2.37. The van der Waals surface area contributed by atoms with E-state index >= 15 is 0 Å². The van der Waals surface area contributed by atoms with E-state index in [0.29, 0.717) is 0 Å². The Bertz CT molecular complexity index is 420. The molecule has 0 radical (unpaired) electrons. The summed E-state index contributed by atoms with van der Waals surface area (Å²) in [7, 11) is 3.87. The van der Waals surface area contributed by atoms with Crippen LogP contribution in [0.2, 0.25) is 5.02 Å². The Hall–Kier alpha value is -0.810. The highest BCUT2D eigenvalue weighted by Crippen LogP contribution is 2.27. The van der Waals surface area contributed by atoms with Gasteiger partial charge in [0.25, 0.3) is 0 Å². The molecule has 1 fully saturated rings. The fourth-order valence-electron chi connectivity index (χ4n) is 2.37. The zero-order chi connectivity index (χ0) is 14.4. The lowest BCUT2D eigenvalue weighted by molar-refractivity contribution is 0.199. The van der Waals surface area contributed by atoms with Crippen molar-refractivity contribution < 1.29 is 4.74 Å². The molecule has 0 bridgehead atoms. The normalized spacial score (nSPS) is 16.6. The molecule has 1 aliphatic heterocycles. The van der Waals surface area contributed by atoms with Crippen LogP contribution in [0, 0.1) is 0 Å². The number of ether oxygens (including phenoxy) is 1. The van der Waals surface area contributed by atoms with Crippen molar-refractivity contribution in [1.82, 2.24) is 10.2 Å². The topological polar surface area (TPSA) is 27.7 Å². The van der Waals surface area contributed by atoms with Gasteiger partial charge in [-0.15, -0.1) is 0 Å². The van der Waals surface area contributed by atoms with E-state index < -0.39 is 0 Å². The van der Waals surface area contributed by atoms with Gasteiger partial charge in [-0.3, -0.25) is 0 Å². The van der Waals surface area contributed by atoms with Gasteiger partial charge in [0.2, 0.25) is 0 Å². The van der Waals surface area contributed by atoms with Crippen molar-refractivity contribution in [2.75, 3.05) is 58.4 Å². The molecular weight excluding hydrogens is 274 g/mol. The van der Waals surface area contributed by atoms with Crippen molar-refractivity contribution in [1.29, 1.82) is 0 Å². The Balaban J connectivity index is 1.92. The van der Waals surface area contributed by atoms with Crippen molar-refractivity contribution >= 4 is 17.3 Å². The number of halogens is 1. The second-order valence-corrected chi connectivity index (χ2v) is 5.65. The predicted octanol–water partition coefficient (Wildman–Crippen LogP) is 1.83. The molecule has 112 valence electrons. The summed E-state index contributed by atoms with van der Waals surface area (Å²) in [4.78, 5) is 4.71. The Labute approximate surface area is 126 Å². The van der Waals surface area contributed by atoms with Crippen LogP contribution in [0.3, 0.4) is 0 Å². The van der Waals surface area contributed by atoms with E-state index in [-0.39, 0.29) is 0 Å². The first-order valence-electron chi connectivity index (χ1n) is 7.12. The summed E-state index contributed by atoms with van der Waals surface area (Å²) in [6.45, 7) is 6.68. The standard InChI is InChI=1S/C15H24ClN3O/c1-18-6-8-19(9-7-18)15-4-3-13(11-14(15)16)12-17-5-10-20-2/h3-4,11,17H,5-10,12H2,1-2H3. The molecule has 1 aromatic rings. The average Bonchev–Trinajstić information content (AvgIpc) is 2.45. The fourth-order valence-corrected chi connectivity index (χ4v) is 2.69. The zero-order valence-electron chi connectivity index (χ0n) is 12.4. The van der Waals surface area contributed by atoms with E-state index in [1.165, 1.54) is 5.56 Å². The van der Waals surface area contributed by atoms with Crippen molar-refractivity contribution in [3.05, 3.63) is 28.8 Å². The number of nitrogens with one attached hydrogen (secondary N) is 1. The van der Waals surface area contributed by atoms with Gasteiger partial charge in [-0.1, -0.05) is 17.7 Å². The van der Waals surface area contributed by atoms with Crippen molar-refractivity contribution in [2.45, 2.75) is 6.54 Å². The zero-order valence-corrected chi connectivity index (χ0v) is 13.1. The van der Waals surface area contributed by atoms with Crippen LogP contribution in [-0.4, -0.2) is 58.4 Å². The van der Waals surface area contributed by atoms with E-state index in [4.69, 9.17) is 16.3 Å². The minimum Gasteiger partial charge on any atom is -0.383 e. The van der Waals surface area contributed by atoms with Crippen molar-refractivity contribution in [2.24, 2.45) is 0 Å². The Morgan fingerprint density at radius 1 is 1.25 bits per heavy atom. The van der Waals surface area contributed by atoms with E-state index in [9.17, 15) is 0 Å². The second kappa shape index (κ2) is 7.84. The molecule has 0 saturated carbocycles. The molecule has 20 heavy (non-hydrogen) atoms. The third-order valence-electron chi connectivity index (χ3n) is 3.67. The molecular formula is C15H24ClN3O. The fraction of sp³-hybridized carbons (Fsp3) is 0.600.